The number of methoxy groups -OCH3 is 1. The highest BCUT2D eigenvalue weighted by Crippen LogP contribution is 2.27. The molecule has 4 heterocycles. The van der Waals surface area contributed by atoms with Crippen molar-refractivity contribution in [2.45, 2.75) is 12.1 Å². The van der Waals surface area contributed by atoms with Gasteiger partial charge < -0.3 is 20.3 Å². The second-order valence-corrected chi connectivity index (χ2v) is 9.85. The number of carbonyl (C=O) groups is 1. The van der Waals surface area contributed by atoms with Gasteiger partial charge in [0.2, 0.25) is 0 Å². The smallest absolute Gasteiger partial charge is 0.333 e. The molecule has 2 N–H and O–H groups in total. The van der Waals surface area contributed by atoms with Crippen molar-refractivity contribution in [3.8, 4) is 0 Å². The summed E-state index contributed by atoms with van der Waals surface area (Å²) in [5.41, 5.74) is 3.99. The first-order valence-corrected chi connectivity index (χ1v) is 13.3. The average Bonchev–Trinajstić information content (AvgIpc) is 3.65. The molecular weight excluding hydrogens is 534 g/mol. The SMILES string of the molecule is COC(=O)C(Nc1ncnc2c1ncn2-n1cnc2c(NC(CN(C)C)c3ccccc3)ncnc21)c1ccccc1. The van der Waals surface area contributed by atoms with Crippen LogP contribution in [0.5, 0.6) is 0 Å². The molecule has 0 fully saturated rings. The average molecular weight is 564 g/mol. The Morgan fingerprint density at radius 1 is 0.762 bits per heavy atom. The van der Waals surface area contributed by atoms with Crippen molar-refractivity contribution < 1.29 is 9.53 Å². The molecule has 0 aliphatic carbocycles. The van der Waals surface area contributed by atoms with E-state index >= 15 is 0 Å². The third-order valence-electron chi connectivity index (χ3n) is 6.78. The van der Waals surface area contributed by atoms with Gasteiger partial charge in [0.25, 0.3) is 0 Å². The summed E-state index contributed by atoms with van der Waals surface area (Å²) in [5, 5.41) is 6.74. The summed E-state index contributed by atoms with van der Waals surface area (Å²) in [7, 11) is 5.41. The molecule has 0 bridgehead atoms. The van der Waals surface area contributed by atoms with E-state index in [1.54, 1.807) is 22.0 Å². The molecular formula is C29H29N11O2. The van der Waals surface area contributed by atoms with Gasteiger partial charge in [-0.1, -0.05) is 60.7 Å². The summed E-state index contributed by atoms with van der Waals surface area (Å²) in [6, 6.07) is 18.7. The molecule has 0 radical (unpaired) electrons. The van der Waals surface area contributed by atoms with Crippen LogP contribution in [0.25, 0.3) is 22.3 Å². The Labute approximate surface area is 241 Å². The quantitative estimate of drug-likeness (QED) is 0.237. The lowest BCUT2D eigenvalue weighted by molar-refractivity contribution is -0.141. The molecule has 6 aromatic rings. The number of nitrogens with zero attached hydrogens (tertiary/aromatic N) is 9. The summed E-state index contributed by atoms with van der Waals surface area (Å²) in [6.45, 7) is 0.755. The van der Waals surface area contributed by atoms with E-state index in [9.17, 15) is 4.79 Å². The molecule has 0 aliphatic heterocycles. The van der Waals surface area contributed by atoms with Crippen LogP contribution >= 0.6 is 0 Å². The molecule has 0 aliphatic rings. The van der Waals surface area contributed by atoms with Crippen LogP contribution in [0.1, 0.15) is 23.2 Å². The number of fused-ring (bicyclic) bond motifs is 2. The van der Waals surface area contributed by atoms with E-state index in [-0.39, 0.29) is 6.04 Å². The highest BCUT2D eigenvalue weighted by molar-refractivity contribution is 5.88. The predicted octanol–water partition coefficient (Wildman–Crippen LogP) is 3.32. The maximum Gasteiger partial charge on any atom is 0.333 e. The minimum atomic E-state index is -0.783. The molecule has 4 aromatic heterocycles. The summed E-state index contributed by atoms with van der Waals surface area (Å²) >= 11 is 0. The van der Waals surface area contributed by atoms with Crippen LogP contribution in [0.15, 0.2) is 86.0 Å². The van der Waals surface area contributed by atoms with Crippen molar-refractivity contribution >= 4 is 39.9 Å². The normalized spacial score (nSPS) is 12.9. The van der Waals surface area contributed by atoms with Gasteiger partial charge in [-0.3, -0.25) is 0 Å². The van der Waals surface area contributed by atoms with Gasteiger partial charge in [0.15, 0.2) is 40.0 Å². The largest absolute Gasteiger partial charge is 0.467 e. The Hall–Kier alpha value is -5.43. The molecule has 13 heteroatoms. The maximum absolute atomic E-state index is 12.7. The van der Waals surface area contributed by atoms with Gasteiger partial charge in [-0.15, -0.1) is 0 Å². The number of benzene rings is 2. The van der Waals surface area contributed by atoms with Crippen LogP contribution < -0.4 is 10.6 Å². The molecule has 6 rings (SSSR count). The third-order valence-corrected chi connectivity index (χ3v) is 6.78. The van der Waals surface area contributed by atoms with Gasteiger partial charge in [-0.05, 0) is 25.2 Å². The molecule has 212 valence electrons. The number of carbonyl (C=O) groups excluding carboxylic acids is 1. The number of nitrogens with one attached hydrogen (secondary N) is 2. The topological polar surface area (TPSA) is 141 Å². The second kappa shape index (κ2) is 11.6. The molecule has 13 nitrogen and oxygen atoms in total. The van der Waals surface area contributed by atoms with Crippen LogP contribution in [-0.4, -0.2) is 77.9 Å². The van der Waals surface area contributed by atoms with Crippen molar-refractivity contribution in [3.05, 3.63) is 97.1 Å². The second-order valence-electron chi connectivity index (χ2n) is 9.85. The summed E-state index contributed by atoms with van der Waals surface area (Å²) < 4.78 is 8.51. The van der Waals surface area contributed by atoms with E-state index in [0.29, 0.717) is 34.0 Å². The van der Waals surface area contributed by atoms with E-state index in [4.69, 9.17) is 4.74 Å². The molecule has 2 aromatic carbocycles. The number of imidazole rings is 2. The van der Waals surface area contributed by atoms with Crippen molar-refractivity contribution in [2.24, 2.45) is 0 Å². The fourth-order valence-electron chi connectivity index (χ4n) is 4.80. The predicted molar refractivity (Wildman–Crippen MR) is 158 cm³/mol. The van der Waals surface area contributed by atoms with Crippen LogP contribution in [0.2, 0.25) is 0 Å². The Kier molecular flexibility index (Phi) is 7.39. The lowest BCUT2D eigenvalue weighted by atomic mass is 10.1. The summed E-state index contributed by atoms with van der Waals surface area (Å²) in [4.78, 5) is 41.9. The number of hydrogen-bond donors (Lipinski definition) is 2. The van der Waals surface area contributed by atoms with Crippen molar-refractivity contribution in [1.82, 2.24) is 44.2 Å². The summed E-state index contributed by atoms with van der Waals surface area (Å²) in [5.74, 6) is 0.543. The zero-order valence-electron chi connectivity index (χ0n) is 23.3. The fourth-order valence-corrected chi connectivity index (χ4v) is 4.80. The molecule has 0 amide bonds. The number of esters is 1. The highest BCUT2D eigenvalue weighted by atomic mass is 16.5. The van der Waals surface area contributed by atoms with Crippen LogP contribution in [0.3, 0.4) is 0 Å². The number of rotatable bonds is 10. The van der Waals surface area contributed by atoms with E-state index in [0.717, 1.165) is 17.7 Å². The van der Waals surface area contributed by atoms with E-state index in [1.807, 2.05) is 62.6 Å². The monoisotopic (exact) mass is 563 g/mol. The molecule has 2 atom stereocenters. The first-order valence-electron chi connectivity index (χ1n) is 13.3. The lowest BCUT2D eigenvalue weighted by Gasteiger charge is -2.23. The maximum atomic E-state index is 12.7. The number of aromatic nitrogens is 8. The Bertz CT molecular complexity index is 1820. The minimum Gasteiger partial charge on any atom is -0.467 e. The zero-order valence-corrected chi connectivity index (χ0v) is 23.3. The molecule has 42 heavy (non-hydrogen) atoms. The van der Waals surface area contributed by atoms with Gasteiger partial charge in [0.05, 0.1) is 13.2 Å². The highest BCUT2D eigenvalue weighted by Gasteiger charge is 2.24. The first-order chi connectivity index (χ1) is 20.5. The van der Waals surface area contributed by atoms with E-state index in [1.165, 1.54) is 19.8 Å². The Balaban J connectivity index is 1.36. The van der Waals surface area contributed by atoms with Gasteiger partial charge in [-0.25, -0.2) is 44.1 Å². The summed E-state index contributed by atoms with van der Waals surface area (Å²) in [6.07, 6.45) is 6.17. The standard InChI is InChI=1S/C29H29N11O2/c1-38(2)14-21(19-10-6-4-7-11-19)36-25-23-27(32-15-30-25)39(17-34-23)40-18-35-24-26(31-16-33-28(24)40)37-22(29(41)42-3)20-12-8-5-9-13-20/h4-13,15-18,21-22H,14H2,1-3H3,(H,30,32,36)(H,31,33,37). The molecule has 0 spiro atoms. The van der Waals surface area contributed by atoms with Crippen LogP contribution in [-0.2, 0) is 9.53 Å². The molecule has 0 saturated carbocycles. The van der Waals surface area contributed by atoms with Crippen LogP contribution in [0.4, 0.5) is 11.6 Å². The Morgan fingerprint density at radius 2 is 1.29 bits per heavy atom. The van der Waals surface area contributed by atoms with Gasteiger partial charge in [0, 0.05) is 6.54 Å². The number of anilines is 2. The van der Waals surface area contributed by atoms with Crippen molar-refractivity contribution in [3.63, 3.8) is 0 Å². The molecule has 0 saturated heterocycles. The minimum absolute atomic E-state index is 0.0210. The number of ether oxygens (including phenoxy) is 1. The van der Waals surface area contributed by atoms with Crippen LogP contribution in [0, 0.1) is 0 Å². The lowest BCUT2D eigenvalue weighted by Crippen LogP contribution is -2.26. The fraction of sp³-hybridized carbons (Fsp3) is 0.207. The molecule has 2 unspecified atom stereocenters. The van der Waals surface area contributed by atoms with Gasteiger partial charge in [-0.2, -0.15) is 0 Å². The number of likely N-dealkylation sites (N-methyl/N-ethyl adjacent to an activating group) is 1. The first kappa shape index (κ1) is 26.8. The van der Waals surface area contributed by atoms with E-state index in [2.05, 4.69) is 57.6 Å². The van der Waals surface area contributed by atoms with Gasteiger partial charge in [0.1, 0.15) is 25.3 Å². The third kappa shape index (κ3) is 5.20. The van der Waals surface area contributed by atoms with Gasteiger partial charge >= 0.3 is 5.97 Å². The zero-order chi connectivity index (χ0) is 29.1. The van der Waals surface area contributed by atoms with Crippen molar-refractivity contribution in [2.75, 3.05) is 38.4 Å². The number of hydrogen-bond acceptors (Lipinski definition) is 11. The van der Waals surface area contributed by atoms with Crippen molar-refractivity contribution in [1.29, 1.82) is 0 Å². The van der Waals surface area contributed by atoms with E-state index < -0.39 is 12.0 Å². The Morgan fingerprint density at radius 3 is 1.81 bits per heavy atom.